The Morgan fingerprint density at radius 1 is 1.42 bits per heavy atom. The van der Waals surface area contributed by atoms with Crippen LogP contribution in [0.2, 0.25) is 0 Å². The van der Waals surface area contributed by atoms with Crippen LogP contribution < -0.4 is 10.9 Å². The van der Waals surface area contributed by atoms with Crippen LogP contribution in [-0.4, -0.2) is 15.9 Å². The number of hydrogen-bond donors (Lipinski definition) is 1. The van der Waals surface area contributed by atoms with Crippen molar-refractivity contribution in [1.29, 1.82) is 0 Å². The molecule has 0 saturated carbocycles. The third kappa shape index (κ3) is 3.41. The fourth-order valence-electron chi connectivity index (χ4n) is 2.17. The van der Waals surface area contributed by atoms with Crippen LogP contribution in [-0.2, 0) is 4.79 Å². The summed E-state index contributed by atoms with van der Waals surface area (Å²) in [6.45, 7) is 3.55. The van der Waals surface area contributed by atoms with Crippen LogP contribution in [0, 0.1) is 6.92 Å². The second-order valence-electron chi connectivity index (χ2n) is 5.26. The van der Waals surface area contributed by atoms with Gasteiger partial charge in [0.05, 0.1) is 11.1 Å². The number of amides is 1. The molecule has 3 aromatic rings. The molecule has 24 heavy (non-hydrogen) atoms. The Balaban J connectivity index is 1.75. The van der Waals surface area contributed by atoms with Gasteiger partial charge in [-0.1, -0.05) is 6.07 Å². The number of pyridine rings is 1. The zero-order chi connectivity index (χ0) is 17.1. The van der Waals surface area contributed by atoms with Crippen LogP contribution in [0.3, 0.4) is 0 Å². The molecule has 3 aromatic heterocycles. The summed E-state index contributed by atoms with van der Waals surface area (Å²) in [6, 6.07) is 4.91. The van der Waals surface area contributed by atoms with Gasteiger partial charge < -0.3 is 9.73 Å². The normalized spacial score (nSPS) is 12.6. The van der Waals surface area contributed by atoms with Crippen LogP contribution >= 0.6 is 11.3 Å². The van der Waals surface area contributed by atoms with E-state index in [9.17, 15) is 9.59 Å². The molecule has 0 spiro atoms. The number of carbonyl (C=O) groups is 1. The highest BCUT2D eigenvalue weighted by Gasteiger charge is 2.16. The minimum Gasteiger partial charge on any atom is -0.406 e. The molecule has 0 radical (unpaired) electrons. The number of rotatable bonds is 4. The maximum Gasteiger partial charge on any atom is 0.348 e. The number of aryl methyl sites for hydroxylation is 1. The Kier molecular flexibility index (Phi) is 4.52. The second-order valence-corrected chi connectivity index (χ2v) is 6.11. The fraction of sp³-hybridized carbons (Fsp3) is 0.176. The molecular formula is C17H15N3O3S. The number of nitrogens with zero attached hydrogens (tertiary/aromatic N) is 2. The molecule has 1 unspecified atom stereocenters. The van der Waals surface area contributed by atoms with Gasteiger partial charge in [0.15, 0.2) is 0 Å². The lowest BCUT2D eigenvalue weighted by Gasteiger charge is -2.10. The first-order valence-electron chi connectivity index (χ1n) is 7.33. The molecule has 3 rings (SSSR count). The number of thiophene rings is 1. The average molecular weight is 341 g/mol. The fourth-order valence-corrected chi connectivity index (χ4v) is 3.09. The van der Waals surface area contributed by atoms with Gasteiger partial charge >= 0.3 is 5.63 Å². The Morgan fingerprint density at radius 3 is 3.00 bits per heavy atom. The molecule has 1 atom stereocenters. The van der Waals surface area contributed by atoms with Gasteiger partial charge in [-0.15, -0.1) is 11.3 Å². The summed E-state index contributed by atoms with van der Waals surface area (Å²) in [4.78, 5) is 33.1. The van der Waals surface area contributed by atoms with Crippen molar-refractivity contribution in [3.63, 3.8) is 0 Å². The van der Waals surface area contributed by atoms with Gasteiger partial charge in [0.25, 0.3) is 0 Å². The van der Waals surface area contributed by atoms with Gasteiger partial charge in [0.1, 0.15) is 10.9 Å². The van der Waals surface area contributed by atoms with E-state index < -0.39 is 11.7 Å². The summed E-state index contributed by atoms with van der Waals surface area (Å²) in [5, 5.41) is 5.08. The number of carbonyl (C=O) groups excluding carboxylic acids is 1. The summed E-state index contributed by atoms with van der Waals surface area (Å²) >= 11 is 1.38. The molecule has 0 aromatic carbocycles. The van der Waals surface area contributed by atoms with Gasteiger partial charge in [-0.25, -0.2) is 9.78 Å². The van der Waals surface area contributed by atoms with Crippen LogP contribution in [0.4, 0.5) is 0 Å². The first kappa shape index (κ1) is 16.1. The van der Waals surface area contributed by atoms with Gasteiger partial charge in [-0.3, -0.25) is 9.78 Å². The molecule has 0 fully saturated rings. The van der Waals surface area contributed by atoms with E-state index in [4.69, 9.17) is 4.42 Å². The number of nitrogens with one attached hydrogen (secondary N) is 1. The van der Waals surface area contributed by atoms with Crippen molar-refractivity contribution in [3.05, 3.63) is 63.4 Å². The Bertz CT molecular complexity index is 960. The lowest BCUT2D eigenvalue weighted by atomic mass is 10.2. The number of fused-ring (bicyclic) bond motifs is 1. The van der Waals surface area contributed by atoms with Crippen LogP contribution in [0.25, 0.3) is 16.3 Å². The topological polar surface area (TPSA) is 85.1 Å². The molecule has 0 saturated heterocycles. The van der Waals surface area contributed by atoms with Crippen molar-refractivity contribution in [2.45, 2.75) is 19.9 Å². The molecule has 3 heterocycles. The van der Waals surface area contributed by atoms with E-state index in [1.807, 2.05) is 18.4 Å². The van der Waals surface area contributed by atoms with Crippen molar-refractivity contribution < 1.29 is 9.21 Å². The average Bonchev–Trinajstić information content (AvgIpc) is 2.95. The highest BCUT2D eigenvalue weighted by Crippen LogP contribution is 2.22. The minimum absolute atomic E-state index is 0.189. The van der Waals surface area contributed by atoms with Gasteiger partial charge in [0.2, 0.25) is 11.8 Å². The van der Waals surface area contributed by atoms with Crippen molar-refractivity contribution in [3.8, 4) is 0 Å². The molecule has 0 aliphatic heterocycles. The molecule has 0 aliphatic rings. The lowest BCUT2D eigenvalue weighted by Crippen LogP contribution is -2.26. The standard InChI is InChI=1S/C17H15N3O3S/c1-10-9-24-16-14(10)17(22)23-15(20-16)11(2)19-13(21)7-6-12-5-3-4-8-18-12/h3-9,11H,1-2H3,(H,19,21)/b7-6+. The molecule has 1 N–H and O–H groups in total. The third-order valence-corrected chi connectivity index (χ3v) is 4.38. The highest BCUT2D eigenvalue weighted by atomic mass is 32.1. The van der Waals surface area contributed by atoms with Crippen LogP contribution in [0.1, 0.15) is 30.1 Å². The zero-order valence-corrected chi connectivity index (χ0v) is 14.0. The highest BCUT2D eigenvalue weighted by molar-refractivity contribution is 7.16. The summed E-state index contributed by atoms with van der Waals surface area (Å²) < 4.78 is 5.24. The van der Waals surface area contributed by atoms with E-state index in [2.05, 4.69) is 15.3 Å². The van der Waals surface area contributed by atoms with Crippen molar-refractivity contribution >= 4 is 33.5 Å². The van der Waals surface area contributed by atoms with Crippen molar-refractivity contribution in [2.24, 2.45) is 0 Å². The molecular weight excluding hydrogens is 326 g/mol. The van der Waals surface area contributed by atoms with Crippen molar-refractivity contribution in [1.82, 2.24) is 15.3 Å². The van der Waals surface area contributed by atoms with Gasteiger partial charge in [-0.2, -0.15) is 0 Å². The quantitative estimate of drug-likeness (QED) is 0.738. The monoisotopic (exact) mass is 341 g/mol. The van der Waals surface area contributed by atoms with E-state index in [1.54, 1.807) is 31.3 Å². The number of hydrogen-bond acceptors (Lipinski definition) is 6. The largest absolute Gasteiger partial charge is 0.406 e. The maximum atomic E-state index is 12.0. The maximum absolute atomic E-state index is 12.0. The van der Waals surface area contributed by atoms with E-state index in [-0.39, 0.29) is 11.8 Å². The predicted octanol–water partition coefficient (Wildman–Crippen LogP) is 2.84. The Labute approximate surface area is 141 Å². The molecule has 7 heteroatoms. The van der Waals surface area contributed by atoms with E-state index in [0.717, 1.165) is 5.56 Å². The summed E-state index contributed by atoms with van der Waals surface area (Å²) in [5.74, 6) is -0.131. The minimum atomic E-state index is -0.523. The lowest BCUT2D eigenvalue weighted by molar-refractivity contribution is -0.117. The summed E-state index contributed by atoms with van der Waals surface area (Å²) in [5.41, 5.74) is 1.09. The van der Waals surface area contributed by atoms with Crippen LogP contribution in [0.5, 0.6) is 0 Å². The smallest absolute Gasteiger partial charge is 0.348 e. The first-order chi connectivity index (χ1) is 11.5. The first-order valence-corrected chi connectivity index (χ1v) is 8.21. The van der Waals surface area contributed by atoms with Crippen LogP contribution in [0.15, 0.2) is 45.1 Å². The molecule has 0 bridgehead atoms. The molecule has 0 aliphatic carbocycles. The second kappa shape index (κ2) is 6.76. The van der Waals surface area contributed by atoms with Crippen molar-refractivity contribution in [2.75, 3.05) is 0 Å². The van der Waals surface area contributed by atoms with E-state index in [1.165, 1.54) is 17.4 Å². The van der Waals surface area contributed by atoms with E-state index >= 15 is 0 Å². The zero-order valence-electron chi connectivity index (χ0n) is 13.1. The Hall–Kier alpha value is -2.80. The molecule has 122 valence electrons. The van der Waals surface area contributed by atoms with Gasteiger partial charge in [-0.05, 0) is 43.0 Å². The predicted molar refractivity (Wildman–Crippen MR) is 92.7 cm³/mol. The van der Waals surface area contributed by atoms with Gasteiger partial charge in [0, 0.05) is 12.3 Å². The SMILES string of the molecule is Cc1csc2nc(C(C)NC(=O)/C=C/c3ccccn3)oc(=O)c12. The molecule has 1 amide bonds. The Morgan fingerprint density at radius 2 is 2.25 bits per heavy atom. The molecule has 6 nitrogen and oxygen atoms in total. The number of aromatic nitrogens is 2. The summed E-state index contributed by atoms with van der Waals surface area (Å²) in [7, 11) is 0. The third-order valence-electron chi connectivity index (χ3n) is 3.39. The van der Waals surface area contributed by atoms with E-state index in [0.29, 0.717) is 15.9 Å². The summed E-state index contributed by atoms with van der Waals surface area (Å²) in [6.07, 6.45) is 4.64.